The van der Waals surface area contributed by atoms with E-state index in [1.165, 1.54) is 0 Å². The van der Waals surface area contributed by atoms with Gasteiger partial charge >= 0.3 is 0 Å². The third kappa shape index (κ3) is 2.29. The maximum Gasteiger partial charge on any atom is 0.149 e. The number of hydrogen-bond donors (Lipinski definition) is 1. The smallest absolute Gasteiger partial charge is 0.149 e. The highest BCUT2D eigenvalue weighted by molar-refractivity contribution is 5.83. The number of carbonyl (C=O) groups excluding carboxylic acids is 1. The molecule has 1 rings (SSSR count). The van der Waals surface area contributed by atoms with Gasteiger partial charge in [0, 0.05) is 19.6 Å². The Hall–Kier alpha value is -0.410. The molecule has 0 aromatic rings. The molecule has 0 spiro atoms. The van der Waals surface area contributed by atoms with E-state index in [9.17, 15) is 4.79 Å². The van der Waals surface area contributed by atoms with E-state index < -0.39 is 0 Å². The zero-order valence-electron chi connectivity index (χ0n) is 7.58. The molecule has 3 nitrogen and oxygen atoms in total. The van der Waals surface area contributed by atoms with Crippen LogP contribution >= 0.6 is 0 Å². The Balaban J connectivity index is 2.39. The third-order valence-electron chi connectivity index (χ3n) is 2.49. The van der Waals surface area contributed by atoms with Crippen molar-refractivity contribution in [1.82, 2.24) is 0 Å². The maximum absolute atomic E-state index is 11.2. The van der Waals surface area contributed by atoms with Gasteiger partial charge in [-0.2, -0.15) is 0 Å². The van der Waals surface area contributed by atoms with Crippen LogP contribution in [0.2, 0.25) is 0 Å². The topological polar surface area (TPSA) is 52.3 Å². The summed E-state index contributed by atoms with van der Waals surface area (Å²) in [5, 5.41) is 0. The molecule has 0 aliphatic carbocycles. The Labute approximate surface area is 73.3 Å². The van der Waals surface area contributed by atoms with Gasteiger partial charge in [-0.25, -0.2) is 0 Å². The Bertz CT molecular complexity index is 153. The molecule has 1 atom stereocenters. The van der Waals surface area contributed by atoms with Gasteiger partial charge in [0.2, 0.25) is 0 Å². The Kier molecular flexibility index (Phi) is 3.69. The first-order valence-electron chi connectivity index (χ1n) is 4.61. The van der Waals surface area contributed by atoms with E-state index in [2.05, 4.69) is 0 Å². The summed E-state index contributed by atoms with van der Waals surface area (Å²) in [6.45, 7) is 3.38. The van der Waals surface area contributed by atoms with Crippen LogP contribution in [0.1, 0.15) is 26.2 Å². The first kappa shape index (κ1) is 9.68. The molecule has 70 valence electrons. The van der Waals surface area contributed by atoms with Crippen molar-refractivity contribution in [2.75, 3.05) is 13.2 Å². The molecule has 1 aliphatic rings. The first-order chi connectivity index (χ1) is 5.75. The van der Waals surface area contributed by atoms with Gasteiger partial charge in [-0.1, -0.05) is 6.92 Å². The van der Waals surface area contributed by atoms with E-state index in [-0.39, 0.29) is 11.8 Å². The minimum atomic E-state index is -0.251. The monoisotopic (exact) mass is 171 g/mol. The maximum atomic E-state index is 11.2. The molecular formula is C9H17NO2. The third-order valence-corrected chi connectivity index (χ3v) is 2.49. The number of nitrogens with two attached hydrogens (primary N) is 1. The van der Waals surface area contributed by atoms with Crippen LogP contribution in [0.3, 0.4) is 0 Å². The minimum Gasteiger partial charge on any atom is -0.381 e. The van der Waals surface area contributed by atoms with Crippen molar-refractivity contribution in [2.45, 2.75) is 32.2 Å². The quantitative estimate of drug-likeness (QED) is 0.680. The van der Waals surface area contributed by atoms with Crippen LogP contribution in [0.5, 0.6) is 0 Å². The molecule has 0 radical (unpaired) electrons. The summed E-state index contributed by atoms with van der Waals surface area (Å²) in [5.41, 5.74) is 5.80. The number of ketones is 1. The van der Waals surface area contributed by atoms with Crippen molar-refractivity contribution in [3.05, 3.63) is 0 Å². The van der Waals surface area contributed by atoms with E-state index in [1.54, 1.807) is 0 Å². The zero-order chi connectivity index (χ0) is 8.97. The van der Waals surface area contributed by atoms with Crippen LogP contribution in [-0.4, -0.2) is 25.0 Å². The van der Waals surface area contributed by atoms with Gasteiger partial charge in [-0.05, 0) is 18.8 Å². The molecule has 1 heterocycles. The second-order valence-electron chi connectivity index (χ2n) is 3.30. The minimum absolute atomic E-state index is 0.182. The molecule has 2 N–H and O–H groups in total. The van der Waals surface area contributed by atoms with Crippen LogP contribution in [0.25, 0.3) is 0 Å². The van der Waals surface area contributed by atoms with Crippen LogP contribution in [0.15, 0.2) is 0 Å². The van der Waals surface area contributed by atoms with E-state index in [4.69, 9.17) is 10.5 Å². The largest absolute Gasteiger partial charge is 0.381 e. The average Bonchev–Trinajstić information content (AvgIpc) is 2.17. The second-order valence-corrected chi connectivity index (χ2v) is 3.30. The van der Waals surface area contributed by atoms with Crippen molar-refractivity contribution in [3.8, 4) is 0 Å². The molecule has 0 unspecified atom stereocenters. The average molecular weight is 171 g/mol. The zero-order valence-corrected chi connectivity index (χ0v) is 7.58. The van der Waals surface area contributed by atoms with Gasteiger partial charge in [0.25, 0.3) is 0 Å². The summed E-state index contributed by atoms with van der Waals surface area (Å²) in [4.78, 5) is 11.2. The van der Waals surface area contributed by atoms with Gasteiger partial charge in [0.05, 0.1) is 6.04 Å². The highest BCUT2D eigenvalue weighted by atomic mass is 16.5. The summed E-state index contributed by atoms with van der Waals surface area (Å²) in [6, 6.07) is -0.251. The molecule has 1 aliphatic heterocycles. The van der Waals surface area contributed by atoms with Crippen molar-refractivity contribution in [3.63, 3.8) is 0 Å². The number of hydrogen-bond acceptors (Lipinski definition) is 3. The fourth-order valence-electron chi connectivity index (χ4n) is 1.57. The highest BCUT2D eigenvalue weighted by Gasteiger charge is 2.24. The summed E-state index contributed by atoms with van der Waals surface area (Å²) < 4.78 is 5.20. The summed E-state index contributed by atoms with van der Waals surface area (Å²) >= 11 is 0. The lowest BCUT2D eigenvalue weighted by molar-refractivity contribution is -0.121. The van der Waals surface area contributed by atoms with Crippen LogP contribution < -0.4 is 5.73 Å². The van der Waals surface area contributed by atoms with E-state index in [0.29, 0.717) is 12.3 Å². The molecule has 1 saturated heterocycles. The van der Waals surface area contributed by atoms with Crippen molar-refractivity contribution in [2.24, 2.45) is 11.7 Å². The molecule has 3 heteroatoms. The molecule has 0 aromatic heterocycles. The molecule has 0 aromatic carbocycles. The van der Waals surface area contributed by atoms with Crippen molar-refractivity contribution in [1.29, 1.82) is 0 Å². The predicted octanol–water partition coefficient (Wildman–Crippen LogP) is 0.719. The van der Waals surface area contributed by atoms with Crippen molar-refractivity contribution >= 4 is 5.78 Å². The molecule has 12 heavy (non-hydrogen) atoms. The SMILES string of the molecule is CCC(=O)[C@H](N)C1CCOCC1. The van der Waals surface area contributed by atoms with Gasteiger partial charge in [-0.3, -0.25) is 4.79 Å². The number of carbonyl (C=O) groups is 1. The van der Waals surface area contributed by atoms with E-state index in [1.807, 2.05) is 6.92 Å². The van der Waals surface area contributed by atoms with E-state index >= 15 is 0 Å². The summed E-state index contributed by atoms with van der Waals surface area (Å²) in [5.74, 6) is 0.535. The molecule has 0 saturated carbocycles. The number of rotatable bonds is 3. The summed E-state index contributed by atoms with van der Waals surface area (Å²) in [7, 11) is 0. The second kappa shape index (κ2) is 4.58. The summed E-state index contributed by atoms with van der Waals surface area (Å²) in [6.07, 6.45) is 2.43. The number of ether oxygens (including phenoxy) is 1. The van der Waals surface area contributed by atoms with Gasteiger partial charge in [0.15, 0.2) is 0 Å². The predicted molar refractivity (Wildman–Crippen MR) is 46.8 cm³/mol. The lowest BCUT2D eigenvalue weighted by atomic mass is 9.89. The normalized spacial score (nSPS) is 22.2. The lowest BCUT2D eigenvalue weighted by Gasteiger charge is -2.26. The van der Waals surface area contributed by atoms with Crippen molar-refractivity contribution < 1.29 is 9.53 Å². The Morgan fingerprint density at radius 2 is 2.17 bits per heavy atom. The van der Waals surface area contributed by atoms with Crippen LogP contribution in [0, 0.1) is 5.92 Å². The van der Waals surface area contributed by atoms with Gasteiger partial charge in [-0.15, -0.1) is 0 Å². The lowest BCUT2D eigenvalue weighted by Crippen LogP contribution is -2.40. The standard InChI is InChI=1S/C9H17NO2/c1-2-8(11)9(10)7-3-5-12-6-4-7/h7,9H,2-6,10H2,1H3/t9-/m1/s1. The molecule has 1 fully saturated rings. The fraction of sp³-hybridized carbons (Fsp3) is 0.889. The van der Waals surface area contributed by atoms with Crippen LogP contribution in [0.4, 0.5) is 0 Å². The highest BCUT2D eigenvalue weighted by Crippen LogP contribution is 2.18. The molecule has 0 bridgehead atoms. The first-order valence-corrected chi connectivity index (χ1v) is 4.61. The van der Waals surface area contributed by atoms with Gasteiger partial charge < -0.3 is 10.5 Å². The van der Waals surface area contributed by atoms with E-state index in [0.717, 1.165) is 26.1 Å². The van der Waals surface area contributed by atoms with Crippen LogP contribution in [-0.2, 0) is 9.53 Å². The number of Topliss-reactive ketones (excluding diaryl/α,β-unsaturated/α-hetero) is 1. The Morgan fingerprint density at radius 3 is 2.67 bits per heavy atom. The molecule has 0 amide bonds. The fourth-order valence-corrected chi connectivity index (χ4v) is 1.57. The molecular weight excluding hydrogens is 154 g/mol. The van der Waals surface area contributed by atoms with Gasteiger partial charge in [0.1, 0.15) is 5.78 Å². The Morgan fingerprint density at radius 1 is 1.58 bits per heavy atom.